The van der Waals surface area contributed by atoms with Crippen molar-refractivity contribution in [2.75, 3.05) is 13.1 Å². The molecular formula is C17H32BrN3. The monoisotopic (exact) mass is 357 g/mol. The second-order valence-corrected chi connectivity index (χ2v) is 7.54. The second-order valence-electron chi connectivity index (χ2n) is 6.74. The summed E-state index contributed by atoms with van der Waals surface area (Å²) in [5.41, 5.74) is 2.81. The predicted octanol–water partition coefficient (Wildman–Crippen LogP) is 4.43. The van der Waals surface area contributed by atoms with E-state index in [1.165, 1.54) is 22.3 Å². The SMILES string of the molecule is CCc1nn(CC)c(CC(C)(CC)CNCC(C)C)c1Br. The van der Waals surface area contributed by atoms with Crippen molar-refractivity contribution in [3.05, 3.63) is 15.9 Å². The van der Waals surface area contributed by atoms with Crippen LogP contribution in [-0.4, -0.2) is 22.9 Å². The molecule has 0 aromatic carbocycles. The highest BCUT2D eigenvalue weighted by molar-refractivity contribution is 9.10. The van der Waals surface area contributed by atoms with Gasteiger partial charge >= 0.3 is 0 Å². The van der Waals surface area contributed by atoms with Gasteiger partial charge in [0, 0.05) is 13.1 Å². The second kappa shape index (κ2) is 8.33. The van der Waals surface area contributed by atoms with Crippen molar-refractivity contribution in [1.29, 1.82) is 0 Å². The first-order valence-electron chi connectivity index (χ1n) is 8.31. The van der Waals surface area contributed by atoms with Crippen LogP contribution in [0.5, 0.6) is 0 Å². The van der Waals surface area contributed by atoms with Crippen molar-refractivity contribution in [2.45, 2.75) is 67.3 Å². The molecule has 1 heterocycles. The molecule has 0 aliphatic rings. The van der Waals surface area contributed by atoms with Gasteiger partial charge in [-0.15, -0.1) is 0 Å². The normalized spacial score (nSPS) is 14.7. The van der Waals surface area contributed by atoms with Crippen molar-refractivity contribution < 1.29 is 0 Å². The number of hydrogen-bond donors (Lipinski definition) is 1. The molecule has 1 N–H and O–H groups in total. The summed E-state index contributed by atoms with van der Waals surface area (Å²) >= 11 is 3.77. The average Bonchev–Trinajstić information content (AvgIpc) is 2.74. The number of halogens is 1. The average molecular weight is 358 g/mol. The van der Waals surface area contributed by atoms with Crippen molar-refractivity contribution >= 4 is 15.9 Å². The van der Waals surface area contributed by atoms with E-state index in [0.29, 0.717) is 5.92 Å². The first-order chi connectivity index (χ1) is 9.86. The van der Waals surface area contributed by atoms with Gasteiger partial charge in [0.05, 0.1) is 15.9 Å². The van der Waals surface area contributed by atoms with Crippen molar-refractivity contribution in [1.82, 2.24) is 15.1 Å². The van der Waals surface area contributed by atoms with Gasteiger partial charge in [-0.1, -0.05) is 34.6 Å². The lowest BCUT2D eigenvalue weighted by Crippen LogP contribution is -2.35. The first kappa shape index (κ1) is 18.7. The Labute approximate surface area is 139 Å². The van der Waals surface area contributed by atoms with Gasteiger partial charge in [-0.05, 0) is 60.0 Å². The van der Waals surface area contributed by atoms with Crippen LogP contribution in [0.15, 0.2) is 4.47 Å². The Morgan fingerprint density at radius 2 is 1.95 bits per heavy atom. The van der Waals surface area contributed by atoms with Gasteiger partial charge in [-0.25, -0.2) is 0 Å². The van der Waals surface area contributed by atoms with Crippen molar-refractivity contribution in [3.8, 4) is 0 Å². The molecule has 1 aromatic rings. The molecule has 3 nitrogen and oxygen atoms in total. The molecule has 0 spiro atoms. The van der Waals surface area contributed by atoms with E-state index in [0.717, 1.165) is 32.5 Å². The van der Waals surface area contributed by atoms with Crippen LogP contribution in [0.3, 0.4) is 0 Å². The van der Waals surface area contributed by atoms with E-state index in [1.807, 2.05) is 0 Å². The van der Waals surface area contributed by atoms with E-state index in [2.05, 4.69) is 67.5 Å². The van der Waals surface area contributed by atoms with E-state index in [9.17, 15) is 0 Å². The minimum Gasteiger partial charge on any atom is -0.316 e. The van der Waals surface area contributed by atoms with Crippen LogP contribution in [0.25, 0.3) is 0 Å². The molecule has 1 atom stereocenters. The lowest BCUT2D eigenvalue weighted by molar-refractivity contribution is 0.277. The molecule has 0 aliphatic heterocycles. The third kappa shape index (κ3) is 5.10. The Morgan fingerprint density at radius 3 is 2.43 bits per heavy atom. The van der Waals surface area contributed by atoms with E-state index >= 15 is 0 Å². The Hall–Kier alpha value is -0.350. The quantitative estimate of drug-likeness (QED) is 0.708. The van der Waals surface area contributed by atoms with Gasteiger partial charge in [0.2, 0.25) is 0 Å². The molecule has 0 fully saturated rings. The summed E-state index contributed by atoms with van der Waals surface area (Å²) in [5.74, 6) is 0.700. The Kier molecular flexibility index (Phi) is 7.41. The van der Waals surface area contributed by atoms with Gasteiger partial charge < -0.3 is 5.32 Å². The molecule has 0 amide bonds. The number of rotatable bonds is 9. The minimum atomic E-state index is 0.273. The largest absolute Gasteiger partial charge is 0.316 e. The molecule has 0 saturated heterocycles. The zero-order valence-electron chi connectivity index (χ0n) is 14.6. The van der Waals surface area contributed by atoms with Gasteiger partial charge in [0.25, 0.3) is 0 Å². The van der Waals surface area contributed by atoms with Gasteiger partial charge in [0.1, 0.15) is 0 Å². The summed E-state index contributed by atoms with van der Waals surface area (Å²) in [6.07, 6.45) is 3.21. The fourth-order valence-corrected chi connectivity index (χ4v) is 3.27. The fraction of sp³-hybridized carbons (Fsp3) is 0.824. The fourth-order valence-electron chi connectivity index (χ4n) is 2.57. The third-order valence-electron chi connectivity index (χ3n) is 4.25. The number of nitrogens with zero attached hydrogens (tertiary/aromatic N) is 2. The molecule has 1 aromatic heterocycles. The highest BCUT2D eigenvalue weighted by Crippen LogP contribution is 2.31. The standard InChI is InChI=1S/C17H32BrN3/c1-7-14-16(18)15(21(9-3)20-14)10-17(6,8-2)12-19-11-13(4)5/h13,19H,7-12H2,1-6H3. The molecule has 21 heavy (non-hydrogen) atoms. The van der Waals surface area contributed by atoms with Gasteiger partial charge in [-0.3, -0.25) is 4.68 Å². The molecule has 0 bridgehead atoms. The number of hydrogen-bond acceptors (Lipinski definition) is 2. The van der Waals surface area contributed by atoms with Crippen LogP contribution in [0.4, 0.5) is 0 Å². The first-order valence-corrected chi connectivity index (χ1v) is 9.10. The lowest BCUT2D eigenvalue weighted by Gasteiger charge is -2.29. The highest BCUT2D eigenvalue weighted by atomic mass is 79.9. The molecule has 1 rings (SSSR count). The Morgan fingerprint density at radius 1 is 1.29 bits per heavy atom. The van der Waals surface area contributed by atoms with Crippen LogP contribution in [0.1, 0.15) is 59.4 Å². The molecule has 4 heteroatoms. The lowest BCUT2D eigenvalue weighted by atomic mass is 9.82. The summed E-state index contributed by atoms with van der Waals surface area (Å²) in [6.45, 7) is 16.6. The Bertz CT molecular complexity index is 439. The van der Waals surface area contributed by atoms with E-state index < -0.39 is 0 Å². The molecule has 0 saturated carbocycles. The van der Waals surface area contributed by atoms with Crippen molar-refractivity contribution in [3.63, 3.8) is 0 Å². The maximum Gasteiger partial charge on any atom is 0.0766 e. The minimum absolute atomic E-state index is 0.273. The van der Waals surface area contributed by atoms with Crippen LogP contribution in [0, 0.1) is 11.3 Å². The zero-order chi connectivity index (χ0) is 16.0. The van der Waals surface area contributed by atoms with Crippen LogP contribution in [-0.2, 0) is 19.4 Å². The summed E-state index contributed by atoms with van der Waals surface area (Å²) in [5, 5.41) is 8.35. The van der Waals surface area contributed by atoms with Gasteiger partial charge in [-0.2, -0.15) is 5.10 Å². The van der Waals surface area contributed by atoms with Crippen LogP contribution in [0.2, 0.25) is 0 Å². The van der Waals surface area contributed by atoms with E-state index in [4.69, 9.17) is 5.10 Å². The van der Waals surface area contributed by atoms with Crippen molar-refractivity contribution in [2.24, 2.45) is 11.3 Å². The molecular weight excluding hydrogens is 326 g/mol. The smallest absolute Gasteiger partial charge is 0.0766 e. The topological polar surface area (TPSA) is 29.9 Å². The zero-order valence-corrected chi connectivity index (χ0v) is 16.2. The number of aryl methyl sites for hydroxylation is 2. The molecule has 1 unspecified atom stereocenters. The van der Waals surface area contributed by atoms with Gasteiger partial charge in [0.15, 0.2) is 0 Å². The number of nitrogens with one attached hydrogen (secondary N) is 1. The predicted molar refractivity (Wildman–Crippen MR) is 94.8 cm³/mol. The highest BCUT2D eigenvalue weighted by Gasteiger charge is 2.26. The maximum atomic E-state index is 4.72. The van der Waals surface area contributed by atoms with Crippen LogP contribution >= 0.6 is 15.9 Å². The van der Waals surface area contributed by atoms with E-state index in [-0.39, 0.29) is 5.41 Å². The maximum absolute atomic E-state index is 4.72. The Balaban J connectivity index is 2.87. The molecule has 122 valence electrons. The summed E-state index contributed by atoms with van der Waals surface area (Å²) in [7, 11) is 0. The van der Waals surface area contributed by atoms with E-state index in [1.54, 1.807) is 0 Å². The summed E-state index contributed by atoms with van der Waals surface area (Å²) in [6, 6.07) is 0. The summed E-state index contributed by atoms with van der Waals surface area (Å²) < 4.78 is 3.38. The van der Waals surface area contributed by atoms with Crippen LogP contribution < -0.4 is 5.32 Å². The molecule has 0 radical (unpaired) electrons. The molecule has 0 aliphatic carbocycles. The third-order valence-corrected chi connectivity index (χ3v) is 5.16. The number of aromatic nitrogens is 2. The summed E-state index contributed by atoms with van der Waals surface area (Å²) in [4.78, 5) is 0.